The molecule has 2 aromatic rings. The van der Waals surface area contributed by atoms with Crippen LogP contribution in [0.2, 0.25) is 5.02 Å². The van der Waals surface area contributed by atoms with Crippen molar-refractivity contribution in [3.8, 4) is 5.75 Å². The largest absolute Gasteiger partial charge is 0.476 e. The molecule has 0 radical (unpaired) electrons. The van der Waals surface area contributed by atoms with Crippen LogP contribution >= 0.6 is 11.6 Å². The number of carbonyl (C=O) groups is 1. The summed E-state index contributed by atoms with van der Waals surface area (Å²) >= 11 is 5.85. The predicted molar refractivity (Wildman–Crippen MR) is 95.5 cm³/mol. The summed E-state index contributed by atoms with van der Waals surface area (Å²) < 4.78 is 33.1. The molecule has 6 nitrogen and oxygen atoms in total. The fourth-order valence-corrected chi connectivity index (χ4v) is 4.18. The lowest BCUT2D eigenvalue weighted by Crippen LogP contribution is -2.50. The van der Waals surface area contributed by atoms with Crippen molar-refractivity contribution in [1.29, 1.82) is 0 Å². The smallest absolute Gasteiger partial charge is 0.265 e. The van der Waals surface area contributed by atoms with Crippen molar-refractivity contribution in [2.75, 3.05) is 24.9 Å². The Hall–Kier alpha value is -2.25. The van der Waals surface area contributed by atoms with Gasteiger partial charge in [-0.05, 0) is 36.4 Å². The third-order valence-electron chi connectivity index (χ3n) is 3.85. The molecule has 0 aromatic heterocycles. The number of para-hydroxylation sites is 2. The van der Waals surface area contributed by atoms with Gasteiger partial charge in [0.05, 0.1) is 17.1 Å². The number of ether oxygens (including phenoxy) is 1. The first-order valence-electron chi connectivity index (χ1n) is 7.56. The van der Waals surface area contributed by atoms with Crippen molar-refractivity contribution in [2.45, 2.75) is 11.0 Å². The Kier molecular flexibility index (Phi) is 4.62. The molecule has 0 saturated heterocycles. The highest BCUT2D eigenvalue weighted by molar-refractivity contribution is 7.92. The van der Waals surface area contributed by atoms with Crippen molar-refractivity contribution < 1.29 is 17.9 Å². The van der Waals surface area contributed by atoms with Gasteiger partial charge in [0.2, 0.25) is 0 Å². The van der Waals surface area contributed by atoms with E-state index in [2.05, 4.69) is 0 Å². The highest BCUT2D eigenvalue weighted by Gasteiger charge is 2.37. The molecule has 0 spiro atoms. The van der Waals surface area contributed by atoms with Gasteiger partial charge in [-0.1, -0.05) is 23.7 Å². The SMILES string of the molecule is CN(C)C(=O)C1CN(S(=O)(=O)c2ccc(Cl)cc2)c2ccccc2O1. The summed E-state index contributed by atoms with van der Waals surface area (Å²) in [5.41, 5.74) is 0.403. The first-order valence-corrected chi connectivity index (χ1v) is 9.37. The molecule has 1 unspecified atom stereocenters. The van der Waals surface area contributed by atoms with Crippen LogP contribution in [0, 0.1) is 0 Å². The maximum Gasteiger partial charge on any atom is 0.265 e. The normalized spacial score (nSPS) is 16.8. The predicted octanol–water partition coefficient (Wildman–Crippen LogP) is 2.38. The van der Waals surface area contributed by atoms with Crippen LogP contribution in [0.3, 0.4) is 0 Å². The molecule has 0 aliphatic carbocycles. The molecule has 0 N–H and O–H groups in total. The van der Waals surface area contributed by atoms with E-state index in [1.165, 1.54) is 33.5 Å². The number of hydrogen-bond donors (Lipinski definition) is 0. The van der Waals surface area contributed by atoms with E-state index < -0.39 is 16.1 Å². The van der Waals surface area contributed by atoms with Crippen LogP contribution in [0.15, 0.2) is 53.4 Å². The number of hydrogen-bond acceptors (Lipinski definition) is 4. The average Bonchev–Trinajstić information content (AvgIpc) is 2.60. The highest BCUT2D eigenvalue weighted by atomic mass is 35.5. The third-order valence-corrected chi connectivity index (χ3v) is 5.90. The van der Waals surface area contributed by atoms with Gasteiger partial charge in [0, 0.05) is 19.1 Å². The summed E-state index contributed by atoms with van der Waals surface area (Å²) in [6.07, 6.45) is -0.910. The molecule has 0 saturated carbocycles. The number of amides is 1. The summed E-state index contributed by atoms with van der Waals surface area (Å²) in [7, 11) is -0.658. The summed E-state index contributed by atoms with van der Waals surface area (Å²) in [5, 5.41) is 0.446. The van der Waals surface area contributed by atoms with E-state index >= 15 is 0 Å². The van der Waals surface area contributed by atoms with Gasteiger partial charge < -0.3 is 9.64 Å². The Labute approximate surface area is 151 Å². The zero-order chi connectivity index (χ0) is 18.2. The second-order valence-corrected chi connectivity index (χ2v) is 8.10. The standard InChI is InChI=1S/C17H17ClN2O4S/c1-19(2)17(21)16-11-20(14-5-3-4-6-15(14)24-16)25(22,23)13-9-7-12(18)8-10-13/h3-10,16H,11H2,1-2H3. The van der Waals surface area contributed by atoms with Crippen molar-refractivity contribution in [3.63, 3.8) is 0 Å². The molecule has 0 fully saturated rings. The third kappa shape index (κ3) is 3.29. The number of sulfonamides is 1. The summed E-state index contributed by atoms with van der Waals surface area (Å²) in [5.74, 6) is 0.0531. The minimum atomic E-state index is -3.86. The number of anilines is 1. The molecule has 1 aliphatic rings. The Morgan fingerprint density at radius 1 is 1.16 bits per heavy atom. The van der Waals surface area contributed by atoms with E-state index in [4.69, 9.17) is 16.3 Å². The molecule has 1 heterocycles. The molecule has 132 valence electrons. The molecule has 1 amide bonds. The maximum absolute atomic E-state index is 13.1. The fraction of sp³-hybridized carbons (Fsp3) is 0.235. The Morgan fingerprint density at radius 3 is 2.44 bits per heavy atom. The number of fused-ring (bicyclic) bond motifs is 1. The number of carbonyl (C=O) groups excluding carboxylic acids is 1. The van der Waals surface area contributed by atoms with Crippen LogP contribution < -0.4 is 9.04 Å². The minimum Gasteiger partial charge on any atom is -0.476 e. The van der Waals surface area contributed by atoms with Crippen LogP contribution in [0.4, 0.5) is 5.69 Å². The van der Waals surface area contributed by atoms with Crippen LogP contribution in [-0.2, 0) is 14.8 Å². The molecular weight excluding hydrogens is 364 g/mol. The minimum absolute atomic E-state index is 0.0982. The Morgan fingerprint density at radius 2 is 1.80 bits per heavy atom. The molecule has 1 atom stereocenters. The summed E-state index contributed by atoms with van der Waals surface area (Å²) in [6, 6.07) is 12.7. The topological polar surface area (TPSA) is 66.9 Å². The number of likely N-dealkylation sites (N-methyl/N-ethyl adjacent to an activating group) is 1. The van der Waals surface area contributed by atoms with Gasteiger partial charge in [-0.2, -0.15) is 0 Å². The van der Waals surface area contributed by atoms with Crippen molar-refractivity contribution >= 4 is 33.2 Å². The highest BCUT2D eigenvalue weighted by Crippen LogP contribution is 2.37. The number of benzene rings is 2. The molecule has 2 aromatic carbocycles. The number of halogens is 1. The molecular formula is C17H17ClN2O4S. The number of rotatable bonds is 3. The second-order valence-electron chi connectivity index (χ2n) is 5.80. The van der Waals surface area contributed by atoms with Gasteiger partial charge in [-0.15, -0.1) is 0 Å². The van der Waals surface area contributed by atoms with E-state index in [-0.39, 0.29) is 17.3 Å². The fourth-order valence-electron chi connectivity index (χ4n) is 2.58. The molecule has 0 bridgehead atoms. The monoisotopic (exact) mass is 380 g/mol. The maximum atomic E-state index is 13.1. The average molecular weight is 381 g/mol. The van der Waals surface area contributed by atoms with Crippen molar-refractivity contribution in [2.24, 2.45) is 0 Å². The quantitative estimate of drug-likeness (QED) is 0.820. The first-order chi connectivity index (χ1) is 11.8. The van der Waals surface area contributed by atoms with E-state index in [1.807, 2.05) is 0 Å². The lowest BCUT2D eigenvalue weighted by molar-refractivity contribution is -0.135. The molecule has 25 heavy (non-hydrogen) atoms. The lowest BCUT2D eigenvalue weighted by atomic mass is 10.2. The van der Waals surface area contributed by atoms with Gasteiger partial charge >= 0.3 is 0 Å². The van der Waals surface area contributed by atoms with Crippen LogP contribution in [0.5, 0.6) is 5.75 Å². The molecule has 3 rings (SSSR count). The van der Waals surface area contributed by atoms with Crippen LogP contribution in [0.1, 0.15) is 0 Å². The van der Waals surface area contributed by atoms with E-state index in [0.717, 1.165) is 0 Å². The molecule has 8 heteroatoms. The van der Waals surface area contributed by atoms with E-state index in [0.29, 0.717) is 16.5 Å². The van der Waals surface area contributed by atoms with Gasteiger partial charge in [0.15, 0.2) is 6.10 Å². The van der Waals surface area contributed by atoms with Crippen LogP contribution in [0.25, 0.3) is 0 Å². The van der Waals surface area contributed by atoms with Crippen LogP contribution in [-0.4, -0.2) is 46.0 Å². The Bertz CT molecular complexity index is 897. The second kappa shape index (κ2) is 6.57. The zero-order valence-electron chi connectivity index (χ0n) is 13.7. The van der Waals surface area contributed by atoms with Gasteiger partial charge in [0.1, 0.15) is 5.75 Å². The van der Waals surface area contributed by atoms with Crippen molar-refractivity contribution in [3.05, 3.63) is 53.6 Å². The van der Waals surface area contributed by atoms with E-state index in [1.54, 1.807) is 38.4 Å². The number of nitrogens with zero attached hydrogens (tertiary/aromatic N) is 2. The van der Waals surface area contributed by atoms with Gasteiger partial charge in [-0.25, -0.2) is 8.42 Å². The molecule has 1 aliphatic heterocycles. The van der Waals surface area contributed by atoms with Gasteiger partial charge in [-0.3, -0.25) is 9.10 Å². The lowest BCUT2D eigenvalue weighted by Gasteiger charge is -2.35. The van der Waals surface area contributed by atoms with Gasteiger partial charge in [0.25, 0.3) is 15.9 Å². The van der Waals surface area contributed by atoms with E-state index in [9.17, 15) is 13.2 Å². The Balaban J connectivity index is 2.07. The summed E-state index contributed by atoms with van der Waals surface area (Å²) in [6.45, 7) is -0.0982. The van der Waals surface area contributed by atoms with Crippen molar-refractivity contribution in [1.82, 2.24) is 4.90 Å². The zero-order valence-corrected chi connectivity index (χ0v) is 15.3. The summed E-state index contributed by atoms with van der Waals surface area (Å²) in [4.78, 5) is 13.8. The first kappa shape index (κ1) is 17.6.